The predicted octanol–water partition coefficient (Wildman–Crippen LogP) is 1.83. The molecule has 1 unspecified atom stereocenters. The fraction of sp³-hybridized carbons (Fsp3) is 0.364. The molecule has 0 radical (unpaired) electrons. The van der Waals surface area contributed by atoms with E-state index in [0.717, 1.165) is 5.56 Å². The summed E-state index contributed by atoms with van der Waals surface area (Å²) in [7, 11) is 3.26. The Morgan fingerprint density at radius 3 is 2.35 bits per heavy atom. The molecule has 5 nitrogen and oxygen atoms in total. The Hall–Kier alpha value is -1.62. The van der Waals surface area contributed by atoms with Gasteiger partial charge in [0.2, 0.25) is 5.91 Å². The number of nitro benzene ring substituents is 1. The van der Waals surface area contributed by atoms with Crippen molar-refractivity contribution in [2.75, 3.05) is 14.1 Å². The maximum atomic E-state index is 11.5. The van der Waals surface area contributed by atoms with Gasteiger partial charge >= 0.3 is 0 Å². The van der Waals surface area contributed by atoms with E-state index in [1.54, 1.807) is 26.2 Å². The molecule has 1 atom stereocenters. The van der Waals surface area contributed by atoms with E-state index in [0.29, 0.717) is 6.42 Å². The molecule has 0 N–H and O–H groups in total. The van der Waals surface area contributed by atoms with E-state index in [4.69, 9.17) is 11.6 Å². The lowest BCUT2D eigenvalue weighted by Crippen LogP contribution is -2.31. The molecule has 0 saturated carbocycles. The third kappa shape index (κ3) is 3.71. The average molecular weight is 257 g/mol. The number of hydrogen-bond acceptors (Lipinski definition) is 3. The van der Waals surface area contributed by atoms with Gasteiger partial charge in [-0.1, -0.05) is 12.1 Å². The summed E-state index contributed by atoms with van der Waals surface area (Å²) in [6.07, 6.45) is 0.358. The van der Waals surface area contributed by atoms with Crippen molar-refractivity contribution in [3.63, 3.8) is 0 Å². The first kappa shape index (κ1) is 13.4. The van der Waals surface area contributed by atoms with Crippen LogP contribution in [0.2, 0.25) is 0 Å². The second kappa shape index (κ2) is 5.63. The summed E-state index contributed by atoms with van der Waals surface area (Å²) >= 11 is 5.94. The SMILES string of the molecule is CN(C)C(=O)C(Cl)Cc1ccc([N+](=O)[O-])cc1. The van der Waals surface area contributed by atoms with Gasteiger partial charge in [-0.15, -0.1) is 11.6 Å². The van der Waals surface area contributed by atoms with Crippen LogP contribution in [-0.4, -0.2) is 35.2 Å². The molecule has 0 spiro atoms. The van der Waals surface area contributed by atoms with E-state index in [2.05, 4.69) is 0 Å². The molecule has 0 saturated heterocycles. The zero-order valence-electron chi connectivity index (χ0n) is 9.59. The number of halogens is 1. The van der Waals surface area contributed by atoms with Crippen LogP contribution in [0.4, 0.5) is 5.69 Å². The molecular formula is C11H13ClN2O3. The molecule has 6 heteroatoms. The standard InChI is InChI=1S/C11H13ClN2O3/c1-13(2)11(15)10(12)7-8-3-5-9(6-4-8)14(16)17/h3-6,10H,7H2,1-2H3. The van der Waals surface area contributed by atoms with Gasteiger partial charge in [-0.25, -0.2) is 0 Å². The predicted molar refractivity (Wildman–Crippen MR) is 65.1 cm³/mol. The molecule has 17 heavy (non-hydrogen) atoms. The summed E-state index contributed by atoms with van der Waals surface area (Å²) in [5.41, 5.74) is 0.824. The van der Waals surface area contributed by atoms with Crippen LogP contribution in [0.5, 0.6) is 0 Å². The first-order valence-corrected chi connectivity index (χ1v) is 5.44. The smallest absolute Gasteiger partial charge is 0.269 e. The lowest BCUT2D eigenvalue weighted by atomic mass is 10.1. The molecule has 0 aliphatic heterocycles. The van der Waals surface area contributed by atoms with Gasteiger partial charge in [0.05, 0.1) is 4.92 Å². The van der Waals surface area contributed by atoms with Crippen molar-refractivity contribution in [2.45, 2.75) is 11.8 Å². The number of non-ortho nitro benzene ring substituents is 1. The third-order valence-electron chi connectivity index (χ3n) is 2.27. The van der Waals surface area contributed by atoms with Gasteiger partial charge in [0.1, 0.15) is 5.38 Å². The monoisotopic (exact) mass is 256 g/mol. The number of carbonyl (C=O) groups is 1. The minimum Gasteiger partial charge on any atom is -0.348 e. The number of nitrogens with zero attached hydrogens (tertiary/aromatic N) is 2. The van der Waals surface area contributed by atoms with Crippen LogP contribution in [0.15, 0.2) is 24.3 Å². The van der Waals surface area contributed by atoms with Gasteiger partial charge in [0.15, 0.2) is 0 Å². The molecule has 0 aliphatic carbocycles. The lowest BCUT2D eigenvalue weighted by molar-refractivity contribution is -0.384. The average Bonchev–Trinajstić information content (AvgIpc) is 2.28. The second-order valence-electron chi connectivity index (χ2n) is 3.83. The molecule has 1 aromatic rings. The Balaban J connectivity index is 2.69. The quantitative estimate of drug-likeness (QED) is 0.469. The Kier molecular flexibility index (Phi) is 4.45. The summed E-state index contributed by atoms with van der Waals surface area (Å²) in [4.78, 5) is 22.9. The number of rotatable bonds is 4. The van der Waals surface area contributed by atoms with E-state index in [1.807, 2.05) is 0 Å². The maximum Gasteiger partial charge on any atom is 0.269 e. The van der Waals surface area contributed by atoms with E-state index in [1.165, 1.54) is 17.0 Å². The molecule has 0 heterocycles. The minimum absolute atomic E-state index is 0.0267. The molecule has 1 amide bonds. The summed E-state index contributed by atoms with van der Waals surface area (Å²) in [5.74, 6) is -0.176. The van der Waals surface area contributed by atoms with Crippen LogP contribution in [0.25, 0.3) is 0 Å². The van der Waals surface area contributed by atoms with Crippen LogP contribution in [0.1, 0.15) is 5.56 Å². The van der Waals surface area contributed by atoms with Gasteiger partial charge in [-0.3, -0.25) is 14.9 Å². The molecular weight excluding hydrogens is 244 g/mol. The highest BCUT2D eigenvalue weighted by molar-refractivity contribution is 6.30. The normalized spacial score (nSPS) is 11.9. The third-order valence-corrected chi connectivity index (χ3v) is 2.61. The van der Waals surface area contributed by atoms with Gasteiger partial charge < -0.3 is 4.90 Å². The fourth-order valence-corrected chi connectivity index (χ4v) is 1.70. The first-order chi connectivity index (χ1) is 7.91. The topological polar surface area (TPSA) is 63.5 Å². The Labute approximate surface area is 104 Å². The number of hydrogen-bond donors (Lipinski definition) is 0. The minimum atomic E-state index is -0.647. The maximum absolute atomic E-state index is 11.5. The Morgan fingerprint density at radius 1 is 1.41 bits per heavy atom. The first-order valence-electron chi connectivity index (χ1n) is 5.00. The molecule has 0 fully saturated rings. The zero-order valence-corrected chi connectivity index (χ0v) is 10.3. The van der Waals surface area contributed by atoms with Crippen LogP contribution in [-0.2, 0) is 11.2 Å². The van der Waals surface area contributed by atoms with E-state index >= 15 is 0 Å². The van der Waals surface area contributed by atoms with Crippen molar-refractivity contribution in [1.82, 2.24) is 4.90 Å². The van der Waals surface area contributed by atoms with Crippen LogP contribution < -0.4 is 0 Å². The molecule has 1 aromatic carbocycles. The second-order valence-corrected chi connectivity index (χ2v) is 4.35. The van der Waals surface area contributed by atoms with Crippen LogP contribution >= 0.6 is 11.6 Å². The van der Waals surface area contributed by atoms with Gasteiger partial charge in [0.25, 0.3) is 5.69 Å². The summed E-state index contributed by atoms with van der Waals surface area (Å²) < 4.78 is 0. The highest BCUT2D eigenvalue weighted by Gasteiger charge is 2.17. The van der Waals surface area contributed by atoms with Crippen LogP contribution in [0, 0.1) is 10.1 Å². The van der Waals surface area contributed by atoms with E-state index in [9.17, 15) is 14.9 Å². The summed E-state index contributed by atoms with van der Waals surface area (Å²) in [5, 5.41) is 9.80. The van der Waals surface area contributed by atoms with Crippen molar-refractivity contribution >= 4 is 23.2 Å². The Bertz CT molecular complexity index is 417. The Morgan fingerprint density at radius 2 is 1.94 bits per heavy atom. The number of alkyl halides is 1. The summed E-state index contributed by atoms with van der Waals surface area (Å²) in [6, 6.07) is 6.02. The lowest BCUT2D eigenvalue weighted by Gasteiger charge is -2.14. The molecule has 1 rings (SSSR count). The van der Waals surface area contributed by atoms with Gasteiger partial charge in [-0.05, 0) is 12.0 Å². The van der Waals surface area contributed by atoms with Crippen LogP contribution in [0.3, 0.4) is 0 Å². The van der Waals surface area contributed by atoms with Crippen molar-refractivity contribution in [1.29, 1.82) is 0 Å². The fourth-order valence-electron chi connectivity index (χ4n) is 1.33. The van der Waals surface area contributed by atoms with Crippen molar-refractivity contribution in [3.8, 4) is 0 Å². The van der Waals surface area contributed by atoms with Crippen molar-refractivity contribution < 1.29 is 9.72 Å². The largest absolute Gasteiger partial charge is 0.348 e. The zero-order chi connectivity index (χ0) is 13.0. The van der Waals surface area contributed by atoms with E-state index in [-0.39, 0.29) is 11.6 Å². The van der Waals surface area contributed by atoms with Gasteiger partial charge in [-0.2, -0.15) is 0 Å². The summed E-state index contributed by atoms with van der Waals surface area (Å²) in [6.45, 7) is 0. The molecule has 0 bridgehead atoms. The van der Waals surface area contributed by atoms with Crippen molar-refractivity contribution in [2.24, 2.45) is 0 Å². The number of benzene rings is 1. The molecule has 0 aliphatic rings. The number of carbonyl (C=O) groups excluding carboxylic acids is 1. The van der Waals surface area contributed by atoms with Gasteiger partial charge in [0, 0.05) is 26.2 Å². The highest BCUT2D eigenvalue weighted by Crippen LogP contribution is 2.15. The van der Waals surface area contributed by atoms with E-state index < -0.39 is 10.3 Å². The highest BCUT2D eigenvalue weighted by atomic mass is 35.5. The van der Waals surface area contributed by atoms with Crippen molar-refractivity contribution in [3.05, 3.63) is 39.9 Å². The molecule has 92 valence electrons. The number of amides is 1. The molecule has 0 aromatic heterocycles. The number of nitro groups is 1.